The van der Waals surface area contributed by atoms with Crippen molar-refractivity contribution in [3.8, 4) is 5.75 Å². The second-order valence-corrected chi connectivity index (χ2v) is 5.25. The number of nitrogens with two attached hydrogens (primary N) is 1. The summed E-state index contributed by atoms with van der Waals surface area (Å²) in [5.41, 5.74) is 6.63. The molecule has 0 saturated heterocycles. The van der Waals surface area contributed by atoms with E-state index >= 15 is 0 Å². The van der Waals surface area contributed by atoms with E-state index in [9.17, 15) is 5.11 Å². The molecule has 0 radical (unpaired) electrons. The van der Waals surface area contributed by atoms with Gasteiger partial charge in [-0.15, -0.1) is 0 Å². The molecule has 3 N–H and O–H groups in total. The van der Waals surface area contributed by atoms with Gasteiger partial charge in [-0.3, -0.25) is 0 Å². The van der Waals surface area contributed by atoms with E-state index in [1.54, 1.807) is 6.07 Å². The van der Waals surface area contributed by atoms with Crippen LogP contribution in [0.3, 0.4) is 0 Å². The van der Waals surface area contributed by atoms with Gasteiger partial charge in [-0.1, -0.05) is 37.0 Å². The molecule has 0 saturated carbocycles. The van der Waals surface area contributed by atoms with Gasteiger partial charge in [0, 0.05) is 16.6 Å². The molecule has 90 valence electrons. The molecular weight excluding hydrogens is 245 g/mol. The molecule has 0 spiro atoms. The van der Waals surface area contributed by atoms with Gasteiger partial charge in [0.05, 0.1) is 5.02 Å². The zero-order valence-corrected chi connectivity index (χ0v) is 11.0. The summed E-state index contributed by atoms with van der Waals surface area (Å²) in [6, 6.07) is 2.96. The van der Waals surface area contributed by atoms with Gasteiger partial charge in [0.1, 0.15) is 5.75 Å². The van der Waals surface area contributed by atoms with E-state index in [4.69, 9.17) is 28.9 Å². The van der Waals surface area contributed by atoms with Gasteiger partial charge in [0.2, 0.25) is 0 Å². The summed E-state index contributed by atoms with van der Waals surface area (Å²) >= 11 is 11.7. The highest BCUT2D eigenvalue weighted by molar-refractivity contribution is 6.35. The minimum absolute atomic E-state index is 0.0438. The molecule has 16 heavy (non-hydrogen) atoms. The average molecular weight is 262 g/mol. The molecule has 0 aliphatic rings. The van der Waals surface area contributed by atoms with Gasteiger partial charge in [-0.2, -0.15) is 0 Å². The molecule has 2 nitrogen and oxygen atoms in total. The first-order chi connectivity index (χ1) is 7.41. The Bertz CT molecular complexity index is 366. The quantitative estimate of drug-likeness (QED) is 0.856. The fourth-order valence-corrected chi connectivity index (χ4v) is 2.05. The maximum absolute atomic E-state index is 9.79. The van der Waals surface area contributed by atoms with E-state index in [-0.39, 0.29) is 16.8 Å². The number of aromatic hydroxyl groups is 1. The molecule has 0 fully saturated rings. The molecule has 0 heterocycles. The van der Waals surface area contributed by atoms with Crippen LogP contribution in [0.5, 0.6) is 5.75 Å². The number of halogens is 2. The zero-order valence-electron chi connectivity index (χ0n) is 9.50. The Labute approximate surface area is 106 Å². The molecule has 1 atom stereocenters. The lowest BCUT2D eigenvalue weighted by atomic mass is 9.98. The predicted octanol–water partition coefficient (Wildman–Crippen LogP) is 4.14. The van der Waals surface area contributed by atoms with E-state index < -0.39 is 0 Å². The van der Waals surface area contributed by atoms with Crippen LogP contribution in [0.4, 0.5) is 0 Å². The Kier molecular flexibility index (Phi) is 4.90. The fraction of sp³-hybridized carbons (Fsp3) is 0.500. The number of hydrogen-bond donors (Lipinski definition) is 2. The number of phenols is 1. The number of phenolic OH excluding ortho intramolecular Hbond substituents is 1. The lowest BCUT2D eigenvalue weighted by Crippen LogP contribution is -2.11. The predicted molar refractivity (Wildman–Crippen MR) is 69.1 cm³/mol. The summed E-state index contributed by atoms with van der Waals surface area (Å²) in [5.74, 6) is 0.630. The SMILES string of the molecule is CC(C)CC[C@@H](N)c1cc(Cl)cc(Cl)c1O. The van der Waals surface area contributed by atoms with Gasteiger partial charge in [0.15, 0.2) is 0 Å². The third-order valence-electron chi connectivity index (χ3n) is 2.51. The van der Waals surface area contributed by atoms with E-state index in [1.807, 2.05) is 0 Å². The van der Waals surface area contributed by atoms with Crippen molar-refractivity contribution in [2.24, 2.45) is 11.7 Å². The lowest BCUT2D eigenvalue weighted by Gasteiger charge is -2.16. The van der Waals surface area contributed by atoms with Gasteiger partial charge < -0.3 is 10.8 Å². The largest absolute Gasteiger partial charge is 0.506 e. The monoisotopic (exact) mass is 261 g/mol. The lowest BCUT2D eigenvalue weighted by molar-refractivity contribution is 0.448. The van der Waals surface area contributed by atoms with E-state index in [1.165, 1.54) is 6.07 Å². The minimum atomic E-state index is -0.224. The third kappa shape index (κ3) is 3.55. The zero-order chi connectivity index (χ0) is 12.3. The molecule has 1 aromatic carbocycles. The Morgan fingerprint density at radius 1 is 1.25 bits per heavy atom. The van der Waals surface area contributed by atoms with E-state index in [0.29, 0.717) is 16.5 Å². The smallest absolute Gasteiger partial charge is 0.139 e. The van der Waals surface area contributed by atoms with Crippen LogP contribution in [0, 0.1) is 5.92 Å². The highest BCUT2D eigenvalue weighted by Crippen LogP contribution is 2.35. The van der Waals surface area contributed by atoms with Gasteiger partial charge in [-0.05, 0) is 30.9 Å². The van der Waals surface area contributed by atoms with Crippen molar-refractivity contribution < 1.29 is 5.11 Å². The first-order valence-electron chi connectivity index (χ1n) is 5.35. The fourth-order valence-electron chi connectivity index (χ4n) is 1.54. The van der Waals surface area contributed by atoms with Gasteiger partial charge in [0.25, 0.3) is 0 Å². The topological polar surface area (TPSA) is 46.2 Å². The molecule has 1 rings (SSSR count). The number of hydrogen-bond acceptors (Lipinski definition) is 2. The molecule has 0 bridgehead atoms. The molecular formula is C12H17Cl2NO. The van der Waals surface area contributed by atoms with Crippen LogP contribution in [0.25, 0.3) is 0 Å². The second kappa shape index (κ2) is 5.76. The van der Waals surface area contributed by atoms with Crippen LogP contribution < -0.4 is 5.73 Å². The average Bonchev–Trinajstić information content (AvgIpc) is 2.19. The molecule has 0 amide bonds. The van der Waals surface area contributed by atoms with Gasteiger partial charge in [-0.25, -0.2) is 0 Å². The molecule has 4 heteroatoms. The molecule has 0 unspecified atom stereocenters. The summed E-state index contributed by atoms with van der Waals surface area (Å²) in [7, 11) is 0. The summed E-state index contributed by atoms with van der Waals surface area (Å²) in [6.07, 6.45) is 1.81. The van der Waals surface area contributed by atoms with Crippen molar-refractivity contribution in [1.29, 1.82) is 0 Å². The Hall–Kier alpha value is -0.440. The Morgan fingerprint density at radius 2 is 1.88 bits per heavy atom. The number of rotatable bonds is 4. The second-order valence-electron chi connectivity index (χ2n) is 4.40. The van der Waals surface area contributed by atoms with Crippen molar-refractivity contribution in [2.75, 3.05) is 0 Å². The van der Waals surface area contributed by atoms with Crippen molar-refractivity contribution >= 4 is 23.2 Å². The van der Waals surface area contributed by atoms with Crippen LogP contribution in [0.2, 0.25) is 10.0 Å². The van der Waals surface area contributed by atoms with E-state index in [2.05, 4.69) is 13.8 Å². The molecule has 0 aromatic heterocycles. The first-order valence-corrected chi connectivity index (χ1v) is 6.11. The molecule has 0 aliphatic carbocycles. The number of benzene rings is 1. The maximum atomic E-state index is 9.79. The summed E-state index contributed by atoms with van der Waals surface area (Å²) in [5, 5.41) is 10.5. The molecule has 0 aliphatic heterocycles. The Morgan fingerprint density at radius 3 is 2.44 bits per heavy atom. The van der Waals surface area contributed by atoms with Crippen molar-refractivity contribution in [2.45, 2.75) is 32.7 Å². The highest BCUT2D eigenvalue weighted by atomic mass is 35.5. The van der Waals surface area contributed by atoms with Crippen LogP contribution in [-0.4, -0.2) is 5.11 Å². The highest BCUT2D eigenvalue weighted by Gasteiger charge is 2.15. The third-order valence-corrected chi connectivity index (χ3v) is 3.02. The van der Waals surface area contributed by atoms with Crippen molar-refractivity contribution in [3.05, 3.63) is 27.7 Å². The van der Waals surface area contributed by atoms with Crippen LogP contribution >= 0.6 is 23.2 Å². The summed E-state index contributed by atoms with van der Waals surface area (Å²) in [6.45, 7) is 4.27. The molecule has 1 aromatic rings. The summed E-state index contributed by atoms with van der Waals surface area (Å²) < 4.78 is 0. The Balaban J connectivity index is 2.86. The standard InChI is InChI=1S/C12H17Cl2NO/c1-7(2)3-4-11(15)9-5-8(13)6-10(14)12(9)16/h5-7,11,16H,3-4,15H2,1-2H3/t11-/m1/s1. The normalized spacial score (nSPS) is 13.1. The van der Waals surface area contributed by atoms with Crippen molar-refractivity contribution in [3.63, 3.8) is 0 Å². The van der Waals surface area contributed by atoms with Crippen LogP contribution in [0.15, 0.2) is 12.1 Å². The van der Waals surface area contributed by atoms with E-state index in [0.717, 1.165) is 12.8 Å². The van der Waals surface area contributed by atoms with Crippen LogP contribution in [-0.2, 0) is 0 Å². The van der Waals surface area contributed by atoms with Crippen molar-refractivity contribution in [1.82, 2.24) is 0 Å². The van der Waals surface area contributed by atoms with Gasteiger partial charge >= 0.3 is 0 Å². The maximum Gasteiger partial charge on any atom is 0.139 e. The minimum Gasteiger partial charge on any atom is -0.506 e. The first kappa shape index (κ1) is 13.6. The van der Waals surface area contributed by atoms with Crippen LogP contribution in [0.1, 0.15) is 38.3 Å². The summed E-state index contributed by atoms with van der Waals surface area (Å²) in [4.78, 5) is 0.